The molecule has 2 aliphatic heterocycles. The number of guanidine groups is 1. The highest BCUT2D eigenvalue weighted by Gasteiger charge is 2.31. The van der Waals surface area contributed by atoms with Crippen LogP contribution in [0.25, 0.3) is 0 Å². The van der Waals surface area contributed by atoms with Gasteiger partial charge in [0, 0.05) is 49.0 Å². The van der Waals surface area contributed by atoms with Crippen molar-refractivity contribution in [2.24, 2.45) is 4.99 Å². The van der Waals surface area contributed by atoms with Gasteiger partial charge in [0.25, 0.3) is 0 Å². The predicted molar refractivity (Wildman–Crippen MR) is 135 cm³/mol. The molecule has 1 unspecified atom stereocenters. The van der Waals surface area contributed by atoms with Crippen molar-refractivity contribution in [3.63, 3.8) is 0 Å². The lowest BCUT2D eigenvalue weighted by Crippen LogP contribution is -2.46. The van der Waals surface area contributed by atoms with Gasteiger partial charge in [0.2, 0.25) is 0 Å². The van der Waals surface area contributed by atoms with Crippen LogP contribution in [0.15, 0.2) is 22.5 Å². The number of morpholine rings is 1. The SMILES string of the molecule is CCNC(=NCC1(SC)CCOCC1)NCC(c1cccs1)N1CCOCC1.I. The van der Waals surface area contributed by atoms with Crippen molar-refractivity contribution in [3.05, 3.63) is 22.4 Å². The first kappa shape index (κ1) is 25.2. The van der Waals surface area contributed by atoms with Crippen molar-refractivity contribution in [2.75, 3.05) is 65.4 Å². The first-order chi connectivity index (χ1) is 13.8. The number of halogens is 1. The van der Waals surface area contributed by atoms with Crippen molar-refractivity contribution in [3.8, 4) is 0 Å². The van der Waals surface area contributed by atoms with Gasteiger partial charge in [-0.3, -0.25) is 9.89 Å². The summed E-state index contributed by atoms with van der Waals surface area (Å²) in [5.41, 5.74) is 0. The van der Waals surface area contributed by atoms with Gasteiger partial charge in [-0.25, -0.2) is 0 Å². The fourth-order valence-corrected chi connectivity index (χ4v) is 5.34. The molecule has 2 fully saturated rings. The van der Waals surface area contributed by atoms with Crippen molar-refractivity contribution >= 4 is 53.0 Å². The zero-order valence-electron chi connectivity index (χ0n) is 17.5. The Morgan fingerprint density at radius 2 is 1.97 bits per heavy atom. The molecule has 1 atom stereocenters. The Hall–Kier alpha value is -0.0700. The summed E-state index contributed by atoms with van der Waals surface area (Å²) >= 11 is 3.76. The summed E-state index contributed by atoms with van der Waals surface area (Å²) in [6.45, 7) is 9.94. The Kier molecular flexibility index (Phi) is 11.6. The standard InChI is InChI=1S/C20H34N4O2S2.HI/c1-3-21-19(23-16-20(27-2)6-10-25-11-7-20)22-15-17(18-5-4-14-28-18)24-8-12-26-13-9-24;/h4-5,14,17H,3,6-13,15-16H2,1-2H3,(H2,21,22,23);1H. The predicted octanol–water partition coefficient (Wildman–Crippen LogP) is 3.21. The molecular weight excluding hydrogens is 519 g/mol. The molecule has 0 aliphatic carbocycles. The third-order valence-electron chi connectivity index (χ3n) is 5.53. The number of hydrogen-bond acceptors (Lipinski definition) is 6. The number of aliphatic imine (C=N–C) groups is 1. The summed E-state index contributed by atoms with van der Waals surface area (Å²) in [6, 6.07) is 4.73. The molecule has 6 nitrogen and oxygen atoms in total. The van der Waals surface area contributed by atoms with E-state index in [-0.39, 0.29) is 28.7 Å². The molecule has 29 heavy (non-hydrogen) atoms. The Balaban J connectivity index is 0.00000300. The Labute approximate surface area is 200 Å². The van der Waals surface area contributed by atoms with Gasteiger partial charge in [-0.15, -0.1) is 35.3 Å². The van der Waals surface area contributed by atoms with Crippen LogP contribution >= 0.6 is 47.1 Å². The van der Waals surface area contributed by atoms with E-state index in [0.29, 0.717) is 6.04 Å². The van der Waals surface area contributed by atoms with Crippen LogP contribution in [0.2, 0.25) is 0 Å². The van der Waals surface area contributed by atoms with Crippen LogP contribution in [0.3, 0.4) is 0 Å². The van der Waals surface area contributed by atoms with Gasteiger partial charge < -0.3 is 20.1 Å². The van der Waals surface area contributed by atoms with Crippen molar-refractivity contribution in [1.29, 1.82) is 0 Å². The Morgan fingerprint density at radius 1 is 1.24 bits per heavy atom. The van der Waals surface area contributed by atoms with Crippen LogP contribution < -0.4 is 10.6 Å². The second kappa shape index (κ2) is 13.4. The number of rotatable bonds is 8. The molecule has 3 rings (SSSR count). The average Bonchev–Trinajstić information content (AvgIpc) is 3.28. The molecule has 0 bridgehead atoms. The molecular formula is C20H35IN4O2S2. The number of ether oxygens (including phenoxy) is 2. The van der Waals surface area contributed by atoms with Gasteiger partial charge >= 0.3 is 0 Å². The molecule has 9 heteroatoms. The van der Waals surface area contributed by atoms with Crippen LogP contribution in [-0.2, 0) is 9.47 Å². The first-order valence-corrected chi connectivity index (χ1v) is 12.4. The topological polar surface area (TPSA) is 58.1 Å². The van der Waals surface area contributed by atoms with E-state index in [2.05, 4.69) is 46.2 Å². The summed E-state index contributed by atoms with van der Waals surface area (Å²) in [5, 5.41) is 9.20. The molecule has 3 heterocycles. The average molecular weight is 555 g/mol. The fraction of sp³-hybridized carbons (Fsp3) is 0.750. The zero-order valence-corrected chi connectivity index (χ0v) is 21.5. The number of hydrogen-bond donors (Lipinski definition) is 2. The summed E-state index contributed by atoms with van der Waals surface area (Å²) in [4.78, 5) is 8.88. The van der Waals surface area contributed by atoms with Crippen LogP contribution in [0.1, 0.15) is 30.7 Å². The molecule has 2 aliphatic rings. The van der Waals surface area contributed by atoms with Crippen molar-refractivity contribution in [1.82, 2.24) is 15.5 Å². The minimum absolute atomic E-state index is 0. The van der Waals surface area contributed by atoms with Gasteiger partial charge in [0.05, 0.1) is 25.8 Å². The van der Waals surface area contributed by atoms with E-state index in [4.69, 9.17) is 14.5 Å². The highest BCUT2D eigenvalue weighted by Crippen LogP contribution is 2.34. The van der Waals surface area contributed by atoms with E-state index >= 15 is 0 Å². The fourth-order valence-electron chi connectivity index (χ4n) is 3.71. The second-order valence-electron chi connectivity index (χ2n) is 7.26. The quantitative estimate of drug-likeness (QED) is 0.293. The highest BCUT2D eigenvalue weighted by atomic mass is 127. The molecule has 1 aromatic heterocycles. The van der Waals surface area contributed by atoms with E-state index in [1.807, 2.05) is 23.1 Å². The molecule has 166 valence electrons. The number of thiophene rings is 1. The van der Waals surface area contributed by atoms with Crippen LogP contribution in [-0.4, -0.2) is 81.0 Å². The Bertz CT molecular complexity index is 591. The maximum atomic E-state index is 5.56. The van der Waals surface area contributed by atoms with Gasteiger partial charge in [0.15, 0.2) is 5.96 Å². The third-order valence-corrected chi connectivity index (χ3v) is 7.90. The zero-order chi connectivity index (χ0) is 19.7. The monoisotopic (exact) mass is 554 g/mol. The van der Waals surface area contributed by atoms with Crippen molar-refractivity contribution in [2.45, 2.75) is 30.6 Å². The summed E-state index contributed by atoms with van der Waals surface area (Å²) in [7, 11) is 0. The second-order valence-corrected chi connectivity index (χ2v) is 9.51. The van der Waals surface area contributed by atoms with Gasteiger partial charge in [-0.2, -0.15) is 11.8 Å². The molecule has 0 radical (unpaired) electrons. The van der Waals surface area contributed by atoms with Crippen molar-refractivity contribution < 1.29 is 9.47 Å². The summed E-state index contributed by atoms with van der Waals surface area (Å²) < 4.78 is 11.3. The number of nitrogens with zero attached hydrogens (tertiary/aromatic N) is 2. The smallest absolute Gasteiger partial charge is 0.191 e. The van der Waals surface area contributed by atoms with E-state index < -0.39 is 0 Å². The summed E-state index contributed by atoms with van der Waals surface area (Å²) in [6.07, 6.45) is 4.35. The highest BCUT2D eigenvalue weighted by molar-refractivity contribution is 14.0. The number of thioether (sulfide) groups is 1. The minimum atomic E-state index is 0. The van der Waals surface area contributed by atoms with E-state index in [1.165, 1.54) is 4.88 Å². The molecule has 0 saturated carbocycles. The van der Waals surface area contributed by atoms with Crippen LogP contribution in [0.5, 0.6) is 0 Å². The molecule has 2 N–H and O–H groups in total. The lowest BCUT2D eigenvalue weighted by molar-refractivity contribution is 0.0177. The lowest BCUT2D eigenvalue weighted by Gasteiger charge is -2.35. The summed E-state index contributed by atoms with van der Waals surface area (Å²) in [5.74, 6) is 0.914. The van der Waals surface area contributed by atoms with E-state index in [9.17, 15) is 0 Å². The van der Waals surface area contributed by atoms with Gasteiger partial charge in [0.1, 0.15) is 0 Å². The largest absolute Gasteiger partial charge is 0.381 e. The number of nitrogens with one attached hydrogen (secondary N) is 2. The molecule has 0 amide bonds. The maximum Gasteiger partial charge on any atom is 0.191 e. The van der Waals surface area contributed by atoms with Crippen LogP contribution in [0, 0.1) is 0 Å². The molecule has 2 saturated heterocycles. The normalized spacial score (nSPS) is 21.2. The van der Waals surface area contributed by atoms with E-state index in [0.717, 1.165) is 78.0 Å². The third kappa shape index (κ3) is 7.53. The molecule has 1 aromatic rings. The van der Waals surface area contributed by atoms with E-state index in [1.54, 1.807) is 0 Å². The Morgan fingerprint density at radius 3 is 2.59 bits per heavy atom. The van der Waals surface area contributed by atoms with Gasteiger partial charge in [-0.05, 0) is 37.5 Å². The maximum absolute atomic E-state index is 5.56. The first-order valence-electron chi connectivity index (χ1n) is 10.3. The van der Waals surface area contributed by atoms with Gasteiger partial charge in [-0.1, -0.05) is 6.07 Å². The molecule has 0 aromatic carbocycles. The van der Waals surface area contributed by atoms with Crippen LogP contribution in [0.4, 0.5) is 0 Å². The molecule has 0 spiro atoms. The minimum Gasteiger partial charge on any atom is -0.381 e. The lowest BCUT2D eigenvalue weighted by atomic mass is 9.99.